The standard InChI is InChI=1S/C21H25F2N3O4/c1-29-19-16-13(18(27)14(20(28)30-2)8-26(16)12-3-4-12)7-15(23)17(19)25-6-5-21(9-22,10-24)11-25/h7-8,12H,3-6,9-11,24H2,1-2H3/t21-/m0/s1. The summed E-state index contributed by atoms with van der Waals surface area (Å²) in [6.07, 6.45) is 3.71. The Morgan fingerprint density at radius 3 is 2.63 bits per heavy atom. The van der Waals surface area contributed by atoms with Crippen molar-refractivity contribution in [3.8, 4) is 5.75 Å². The first kappa shape index (κ1) is 20.6. The van der Waals surface area contributed by atoms with Gasteiger partial charge in [0.15, 0.2) is 11.6 Å². The summed E-state index contributed by atoms with van der Waals surface area (Å²) in [5.41, 5.74) is 4.92. The van der Waals surface area contributed by atoms with Crippen molar-refractivity contribution in [1.29, 1.82) is 0 Å². The van der Waals surface area contributed by atoms with Gasteiger partial charge >= 0.3 is 5.97 Å². The van der Waals surface area contributed by atoms with E-state index in [0.717, 1.165) is 18.9 Å². The van der Waals surface area contributed by atoms with E-state index >= 15 is 4.39 Å². The molecule has 0 spiro atoms. The number of pyridine rings is 1. The highest BCUT2D eigenvalue weighted by Crippen LogP contribution is 2.45. The van der Waals surface area contributed by atoms with Gasteiger partial charge in [0.25, 0.3) is 0 Å². The third-order valence-electron chi connectivity index (χ3n) is 6.22. The second-order valence-corrected chi connectivity index (χ2v) is 8.15. The normalized spacial score (nSPS) is 21.3. The molecule has 2 fully saturated rings. The molecule has 7 nitrogen and oxygen atoms in total. The minimum atomic E-state index is -0.769. The number of nitrogens with zero attached hydrogens (tertiary/aromatic N) is 2. The number of carbonyl (C=O) groups excluding carboxylic acids is 1. The number of esters is 1. The molecule has 1 atom stereocenters. The van der Waals surface area contributed by atoms with Crippen molar-refractivity contribution in [3.05, 3.63) is 33.9 Å². The van der Waals surface area contributed by atoms with Crippen LogP contribution in [0.3, 0.4) is 0 Å². The number of alkyl halides is 1. The van der Waals surface area contributed by atoms with Gasteiger partial charge in [-0.2, -0.15) is 0 Å². The number of anilines is 1. The Kier molecular flexibility index (Phi) is 5.17. The molecule has 0 unspecified atom stereocenters. The topological polar surface area (TPSA) is 86.8 Å². The molecular weight excluding hydrogens is 396 g/mol. The molecule has 9 heteroatoms. The molecule has 4 rings (SSSR count). The highest BCUT2D eigenvalue weighted by atomic mass is 19.1. The van der Waals surface area contributed by atoms with Crippen LogP contribution in [0.25, 0.3) is 10.9 Å². The van der Waals surface area contributed by atoms with E-state index in [2.05, 4.69) is 0 Å². The number of ether oxygens (including phenoxy) is 2. The van der Waals surface area contributed by atoms with E-state index in [9.17, 15) is 14.0 Å². The molecule has 1 saturated heterocycles. The highest BCUT2D eigenvalue weighted by molar-refractivity contribution is 5.97. The van der Waals surface area contributed by atoms with E-state index in [1.807, 2.05) is 0 Å². The largest absolute Gasteiger partial charge is 0.492 e. The summed E-state index contributed by atoms with van der Waals surface area (Å²) in [6, 6.07) is 1.22. The van der Waals surface area contributed by atoms with Gasteiger partial charge in [-0.15, -0.1) is 0 Å². The van der Waals surface area contributed by atoms with Gasteiger partial charge in [0.05, 0.1) is 31.8 Å². The molecule has 1 aromatic heterocycles. The molecule has 1 aliphatic heterocycles. The average molecular weight is 421 g/mol. The third-order valence-corrected chi connectivity index (χ3v) is 6.22. The second kappa shape index (κ2) is 7.54. The van der Waals surface area contributed by atoms with Crippen molar-refractivity contribution in [2.24, 2.45) is 11.1 Å². The molecule has 1 aromatic carbocycles. The van der Waals surface area contributed by atoms with Gasteiger partial charge in [0, 0.05) is 37.3 Å². The number of halogens is 2. The number of aromatic nitrogens is 1. The van der Waals surface area contributed by atoms with E-state index in [0.29, 0.717) is 18.5 Å². The molecular formula is C21H25F2N3O4. The number of hydrogen-bond acceptors (Lipinski definition) is 6. The Labute approximate surface area is 172 Å². The molecule has 0 amide bonds. The lowest BCUT2D eigenvalue weighted by Crippen LogP contribution is -2.36. The van der Waals surface area contributed by atoms with Gasteiger partial charge in [-0.25, -0.2) is 9.18 Å². The van der Waals surface area contributed by atoms with Crippen LogP contribution in [-0.2, 0) is 4.74 Å². The molecule has 0 bridgehead atoms. The lowest BCUT2D eigenvalue weighted by molar-refractivity contribution is 0.0598. The van der Waals surface area contributed by atoms with E-state index in [4.69, 9.17) is 15.2 Å². The molecule has 2 N–H and O–H groups in total. The van der Waals surface area contributed by atoms with Crippen LogP contribution in [0.2, 0.25) is 0 Å². The molecule has 2 aromatic rings. The first-order valence-electron chi connectivity index (χ1n) is 9.94. The summed E-state index contributed by atoms with van der Waals surface area (Å²) in [5, 5.41) is 0.0534. The molecule has 1 saturated carbocycles. The highest BCUT2D eigenvalue weighted by Gasteiger charge is 2.40. The average Bonchev–Trinajstić information content (AvgIpc) is 3.52. The second-order valence-electron chi connectivity index (χ2n) is 8.15. The van der Waals surface area contributed by atoms with E-state index in [1.165, 1.54) is 20.4 Å². The Balaban J connectivity index is 1.97. The van der Waals surface area contributed by atoms with Gasteiger partial charge in [-0.3, -0.25) is 9.18 Å². The summed E-state index contributed by atoms with van der Waals surface area (Å²) in [6.45, 7) is 0.250. The fourth-order valence-electron chi connectivity index (χ4n) is 4.28. The predicted octanol–water partition coefficient (Wildman–Crippen LogP) is 2.40. The molecule has 2 heterocycles. The van der Waals surface area contributed by atoms with E-state index < -0.39 is 29.3 Å². The first-order chi connectivity index (χ1) is 14.4. The zero-order valence-electron chi connectivity index (χ0n) is 17.0. The molecule has 2 aliphatic rings. The fourth-order valence-corrected chi connectivity index (χ4v) is 4.28. The minimum Gasteiger partial charge on any atom is -0.492 e. The Hall–Kier alpha value is -2.68. The maximum absolute atomic E-state index is 15.3. The lowest BCUT2D eigenvalue weighted by Gasteiger charge is -2.27. The Morgan fingerprint density at radius 2 is 2.10 bits per heavy atom. The lowest BCUT2D eigenvalue weighted by atomic mass is 9.89. The summed E-state index contributed by atoms with van der Waals surface area (Å²) in [5.74, 6) is -1.22. The van der Waals surface area contributed by atoms with E-state index in [-0.39, 0.29) is 41.5 Å². The number of nitrogens with two attached hydrogens (primary N) is 1. The Morgan fingerprint density at radius 1 is 1.37 bits per heavy atom. The van der Waals surface area contributed by atoms with Crippen LogP contribution in [0.1, 0.15) is 35.7 Å². The minimum absolute atomic E-state index is 0.0534. The van der Waals surface area contributed by atoms with Gasteiger partial charge in [0.1, 0.15) is 11.3 Å². The van der Waals surface area contributed by atoms with Crippen molar-refractivity contribution in [2.45, 2.75) is 25.3 Å². The zero-order valence-corrected chi connectivity index (χ0v) is 17.0. The van der Waals surface area contributed by atoms with Crippen LogP contribution < -0.4 is 20.8 Å². The summed E-state index contributed by atoms with van der Waals surface area (Å²) in [7, 11) is 2.61. The van der Waals surface area contributed by atoms with Crippen molar-refractivity contribution in [1.82, 2.24) is 4.57 Å². The number of fused-ring (bicyclic) bond motifs is 1. The van der Waals surface area contributed by atoms with Gasteiger partial charge in [-0.05, 0) is 25.3 Å². The number of methoxy groups -OCH3 is 2. The maximum Gasteiger partial charge on any atom is 0.343 e. The van der Waals surface area contributed by atoms with E-state index in [1.54, 1.807) is 9.47 Å². The van der Waals surface area contributed by atoms with Crippen LogP contribution >= 0.6 is 0 Å². The SMILES string of the molecule is COC(=O)c1cn(C2CC2)c2c(OC)c(N3CC[C@@](CN)(CF)C3)c(F)cc2c1=O. The van der Waals surface area contributed by atoms with Crippen LogP contribution in [0.5, 0.6) is 5.75 Å². The molecule has 1 aliphatic carbocycles. The fraction of sp³-hybridized carbons (Fsp3) is 0.524. The van der Waals surface area contributed by atoms with Gasteiger partial charge in [-0.1, -0.05) is 0 Å². The number of rotatable bonds is 6. The molecule has 30 heavy (non-hydrogen) atoms. The number of carbonyl (C=O) groups is 1. The van der Waals surface area contributed by atoms with Crippen LogP contribution in [0.4, 0.5) is 14.5 Å². The number of benzene rings is 1. The smallest absolute Gasteiger partial charge is 0.343 e. The summed E-state index contributed by atoms with van der Waals surface area (Å²) >= 11 is 0. The third kappa shape index (κ3) is 3.12. The van der Waals surface area contributed by atoms with Gasteiger partial charge < -0.3 is 24.7 Å². The summed E-state index contributed by atoms with van der Waals surface area (Å²) in [4.78, 5) is 26.8. The van der Waals surface area contributed by atoms with Crippen molar-refractivity contribution in [3.63, 3.8) is 0 Å². The van der Waals surface area contributed by atoms with Gasteiger partial charge in [0.2, 0.25) is 5.43 Å². The maximum atomic E-state index is 15.3. The van der Waals surface area contributed by atoms with Crippen molar-refractivity contribution < 1.29 is 23.0 Å². The van der Waals surface area contributed by atoms with Crippen molar-refractivity contribution >= 4 is 22.6 Å². The van der Waals surface area contributed by atoms with Crippen molar-refractivity contribution in [2.75, 3.05) is 45.4 Å². The van der Waals surface area contributed by atoms with Crippen LogP contribution in [0.15, 0.2) is 17.1 Å². The molecule has 162 valence electrons. The zero-order chi connectivity index (χ0) is 21.6. The molecule has 0 radical (unpaired) electrons. The first-order valence-corrected chi connectivity index (χ1v) is 9.94. The predicted molar refractivity (Wildman–Crippen MR) is 109 cm³/mol. The quantitative estimate of drug-likeness (QED) is 0.721. The summed E-state index contributed by atoms with van der Waals surface area (Å²) < 4.78 is 41.1. The van der Waals surface area contributed by atoms with Crippen LogP contribution in [0, 0.1) is 11.2 Å². The number of hydrogen-bond donors (Lipinski definition) is 1. The van der Waals surface area contributed by atoms with Crippen LogP contribution in [-0.4, -0.2) is 51.1 Å². The monoisotopic (exact) mass is 421 g/mol. The Bertz CT molecular complexity index is 1060.